The summed E-state index contributed by atoms with van der Waals surface area (Å²) in [7, 11) is 0. The summed E-state index contributed by atoms with van der Waals surface area (Å²) in [4.78, 5) is 5.65. The maximum Gasteiger partial charge on any atom is 0.113 e. The van der Waals surface area contributed by atoms with Crippen LogP contribution in [0.3, 0.4) is 0 Å². The fourth-order valence-corrected chi connectivity index (χ4v) is 17.6. The zero-order valence-electron chi connectivity index (χ0n) is 31.7. The van der Waals surface area contributed by atoms with E-state index in [9.17, 15) is 0 Å². The molecule has 3 aliphatic carbocycles. The van der Waals surface area contributed by atoms with Gasteiger partial charge in [0.05, 0.1) is 0 Å². The summed E-state index contributed by atoms with van der Waals surface area (Å²) in [5.41, 5.74) is 17.3. The van der Waals surface area contributed by atoms with E-state index in [1.807, 2.05) is 5.57 Å². The second-order valence-electron chi connectivity index (χ2n) is 16.3. The maximum absolute atomic E-state index is 2.97. The number of hydrogen-bond acceptors (Lipinski definition) is 2. The Morgan fingerprint density at radius 3 is 1.44 bits per heavy atom. The van der Waals surface area contributed by atoms with Crippen molar-refractivity contribution in [3.63, 3.8) is 0 Å². The Morgan fingerprint density at radius 1 is 0.604 bits per heavy atom. The van der Waals surface area contributed by atoms with E-state index in [0.29, 0.717) is 5.66 Å². The molecule has 1 saturated heterocycles. The summed E-state index contributed by atoms with van der Waals surface area (Å²) in [5.74, 6) is 4.56. The van der Waals surface area contributed by atoms with E-state index in [0.717, 1.165) is 24.4 Å². The zero-order valence-corrected chi connectivity index (χ0v) is 34.3. The van der Waals surface area contributed by atoms with Gasteiger partial charge in [-0.3, -0.25) is 0 Å². The van der Waals surface area contributed by atoms with Crippen LogP contribution in [0.15, 0.2) is 47.3 Å². The molecule has 2 aromatic rings. The van der Waals surface area contributed by atoms with E-state index in [1.54, 1.807) is 5.82 Å². The van der Waals surface area contributed by atoms with Crippen molar-refractivity contribution in [2.24, 2.45) is 0 Å². The van der Waals surface area contributed by atoms with Crippen molar-refractivity contribution in [2.45, 2.75) is 162 Å². The minimum Gasteiger partial charge on any atom is -0.325 e. The first-order valence-corrected chi connectivity index (χ1v) is 21.5. The fourth-order valence-electron chi connectivity index (χ4n) is 10.8. The van der Waals surface area contributed by atoms with Gasteiger partial charge in [-0.15, -0.1) is 0 Å². The Hall–Kier alpha value is -1.56. The molecule has 0 bridgehead atoms. The van der Waals surface area contributed by atoms with Crippen molar-refractivity contribution in [3.8, 4) is 0 Å². The molecule has 2 aromatic carbocycles. The SMILES string of the molecule is CC(C)=CC=P(C1CCCCC1)(C1CCCCC1)C1CCCCC1=C1N(c2c(C)cc(C)cc2C)CCN1c1c(C)cc(C)cc1C.[Ru]. The molecule has 264 valence electrons. The predicted molar refractivity (Wildman–Crippen MR) is 211 cm³/mol. The molecule has 4 aliphatic rings. The van der Waals surface area contributed by atoms with Crippen LogP contribution in [-0.4, -0.2) is 35.9 Å². The molecule has 0 radical (unpaired) electrons. The predicted octanol–water partition coefficient (Wildman–Crippen LogP) is 12.5. The summed E-state index contributed by atoms with van der Waals surface area (Å²) in [6.45, 7) is 19.3. The third-order valence-corrected chi connectivity index (χ3v) is 18.2. The molecule has 2 nitrogen and oxygen atoms in total. The largest absolute Gasteiger partial charge is 0.325 e. The van der Waals surface area contributed by atoms with Crippen LogP contribution in [0.1, 0.15) is 137 Å². The van der Waals surface area contributed by atoms with Crippen LogP contribution in [0.25, 0.3) is 0 Å². The average Bonchev–Trinajstić information content (AvgIpc) is 3.45. The molecule has 0 N–H and O–H groups in total. The van der Waals surface area contributed by atoms with Crippen LogP contribution in [0.2, 0.25) is 0 Å². The van der Waals surface area contributed by atoms with Crippen molar-refractivity contribution in [2.75, 3.05) is 22.9 Å². The van der Waals surface area contributed by atoms with Gasteiger partial charge >= 0.3 is 0 Å². The zero-order chi connectivity index (χ0) is 33.3. The first-order valence-electron chi connectivity index (χ1n) is 19.4. The van der Waals surface area contributed by atoms with Crippen LogP contribution >= 0.6 is 6.89 Å². The van der Waals surface area contributed by atoms with Gasteiger partial charge in [0.25, 0.3) is 0 Å². The number of hydrogen-bond donors (Lipinski definition) is 0. The summed E-state index contributed by atoms with van der Waals surface area (Å²) < 4.78 is 0. The Labute approximate surface area is 308 Å². The number of nitrogens with zero attached hydrogens (tertiary/aromatic N) is 2. The first-order chi connectivity index (χ1) is 22.6. The van der Waals surface area contributed by atoms with Gasteiger partial charge in [-0.1, -0.05) is 105 Å². The monoisotopic (exact) mass is 754 g/mol. The summed E-state index contributed by atoms with van der Waals surface area (Å²) in [6.07, 6.45) is 22.6. The number of aryl methyl sites for hydroxylation is 6. The van der Waals surface area contributed by atoms with Gasteiger partial charge in [-0.2, -0.15) is 0 Å². The van der Waals surface area contributed by atoms with Crippen LogP contribution in [0.5, 0.6) is 0 Å². The molecular formula is C44H65N2PRu. The molecule has 48 heavy (non-hydrogen) atoms. The molecule has 0 aromatic heterocycles. The summed E-state index contributed by atoms with van der Waals surface area (Å²) in [5, 5.41) is 0. The van der Waals surface area contributed by atoms with E-state index in [2.05, 4.69) is 101 Å². The van der Waals surface area contributed by atoms with Crippen molar-refractivity contribution in [1.82, 2.24) is 0 Å². The minimum atomic E-state index is -1.50. The average molecular weight is 754 g/mol. The summed E-state index contributed by atoms with van der Waals surface area (Å²) in [6, 6.07) is 9.71. The number of anilines is 2. The van der Waals surface area contributed by atoms with Gasteiger partial charge in [0.15, 0.2) is 0 Å². The second-order valence-corrected chi connectivity index (χ2v) is 20.5. The molecule has 6 rings (SSSR count). The van der Waals surface area contributed by atoms with E-state index in [1.165, 1.54) is 140 Å². The standard InChI is InChI=1S/C44H65N2P.Ru/c1-31(2)23-26-47(38-17-11-9-12-18-38,39-19-13-10-14-20-39)41-22-16-15-21-40(41)44-45(42-34(5)27-32(3)28-35(42)6)24-25-46(44)43-36(7)29-33(4)30-37(43)8;/h23,26-30,38-39,41H,9-22,24-25H2,1-8H3;. The van der Waals surface area contributed by atoms with Crippen molar-refractivity contribution < 1.29 is 19.5 Å². The third-order valence-electron chi connectivity index (χ3n) is 12.4. The number of benzene rings is 2. The van der Waals surface area contributed by atoms with Crippen molar-refractivity contribution in [1.29, 1.82) is 0 Å². The van der Waals surface area contributed by atoms with Gasteiger partial charge in [-0.25, -0.2) is 0 Å². The van der Waals surface area contributed by atoms with Gasteiger partial charge in [-0.05, 0) is 139 Å². The van der Waals surface area contributed by atoms with Crippen LogP contribution in [0.4, 0.5) is 11.4 Å². The summed E-state index contributed by atoms with van der Waals surface area (Å²) >= 11 is 0. The first kappa shape index (κ1) is 37.7. The Morgan fingerprint density at radius 2 is 1.02 bits per heavy atom. The van der Waals surface area contributed by atoms with Crippen LogP contribution in [-0.2, 0) is 19.5 Å². The topological polar surface area (TPSA) is 6.48 Å². The fraction of sp³-hybridized carbons (Fsp3) is 0.614. The van der Waals surface area contributed by atoms with Crippen molar-refractivity contribution in [3.05, 3.63) is 80.7 Å². The van der Waals surface area contributed by atoms with E-state index >= 15 is 0 Å². The molecule has 1 aliphatic heterocycles. The molecule has 4 fully saturated rings. The van der Waals surface area contributed by atoms with Gasteiger partial charge in [0.2, 0.25) is 0 Å². The molecule has 3 saturated carbocycles. The molecule has 1 unspecified atom stereocenters. The smallest absolute Gasteiger partial charge is 0.113 e. The van der Waals surface area contributed by atoms with Gasteiger partial charge in [0.1, 0.15) is 5.82 Å². The second kappa shape index (κ2) is 16.2. The van der Waals surface area contributed by atoms with Gasteiger partial charge in [0, 0.05) is 49.6 Å². The molecule has 1 atom stereocenters. The quantitative estimate of drug-likeness (QED) is 0.214. The van der Waals surface area contributed by atoms with Gasteiger partial charge < -0.3 is 9.80 Å². The number of rotatable bonds is 6. The van der Waals surface area contributed by atoms with Crippen LogP contribution < -0.4 is 9.80 Å². The Kier molecular flexibility index (Phi) is 12.7. The number of allylic oxidation sites excluding steroid dienone is 3. The van der Waals surface area contributed by atoms with Crippen LogP contribution in [0, 0.1) is 41.5 Å². The Balaban J connectivity index is 0.00000451. The van der Waals surface area contributed by atoms with Crippen molar-refractivity contribution >= 4 is 24.1 Å². The molecule has 4 heteroatoms. The normalized spacial score (nSPS) is 21.4. The molecule has 0 spiro atoms. The Bertz CT molecular complexity index is 1430. The molecular weight excluding hydrogens is 689 g/mol. The maximum atomic E-state index is 2.97. The molecule has 1 heterocycles. The van der Waals surface area contributed by atoms with E-state index in [-0.39, 0.29) is 19.5 Å². The minimum absolute atomic E-state index is 0. The molecule has 0 amide bonds. The third kappa shape index (κ3) is 7.40. The van der Waals surface area contributed by atoms with E-state index < -0.39 is 6.89 Å². The van der Waals surface area contributed by atoms with E-state index in [4.69, 9.17) is 0 Å².